The van der Waals surface area contributed by atoms with Gasteiger partial charge in [-0.15, -0.1) is 12.4 Å². The molecule has 48 valence electrons. The first kappa shape index (κ1) is 7.72. The number of halogens is 1. The van der Waals surface area contributed by atoms with Crippen LogP contribution in [0.25, 0.3) is 0 Å². The topological polar surface area (TPSA) is 55.1 Å². The highest BCUT2D eigenvalue weighted by Crippen LogP contribution is 1.99. The molecular formula is C4H9ClN2O. The number of rotatable bonds is 0. The molecule has 0 aromatic rings. The van der Waals surface area contributed by atoms with Gasteiger partial charge in [-0.05, 0) is 6.92 Å². The zero-order valence-electron chi connectivity index (χ0n) is 4.55. The molecule has 1 heterocycles. The van der Waals surface area contributed by atoms with Gasteiger partial charge in [0.25, 0.3) is 0 Å². The maximum absolute atomic E-state index is 10.2. The van der Waals surface area contributed by atoms with E-state index in [0.717, 1.165) is 0 Å². The Kier molecular flexibility index (Phi) is 2.25. The summed E-state index contributed by atoms with van der Waals surface area (Å²) in [6, 6.07) is -0.0625. The number of hydrogen-bond acceptors (Lipinski definition) is 2. The molecular weight excluding hydrogens is 128 g/mol. The predicted octanol–water partition coefficient (Wildman–Crippen LogP) is -0.746. The Morgan fingerprint density at radius 3 is 2.25 bits per heavy atom. The normalized spacial score (nSPS) is 34.5. The minimum atomic E-state index is -0.250. The minimum absolute atomic E-state index is 0. The SMILES string of the molecule is CC1NC(=O)C1N.Cl. The van der Waals surface area contributed by atoms with Crippen LogP contribution in [0.15, 0.2) is 0 Å². The van der Waals surface area contributed by atoms with Gasteiger partial charge in [-0.3, -0.25) is 4.79 Å². The fraction of sp³-hybridized carbons (Fsp3) is 0.750. The summed E-state index contributed by atoms with van der Waals surface area (Å²) in [5.41, 5.74) is 5.25. The molecule has 2 atom stereocenters. The number of carbonyl (C=O) groups excluding carboxylic acids is 1. The number of amides is 1. The molecule has 1 rings (SSSR count). The zero-order chi connectivity index (χ0) is 5.44. The van der Waals surface area contributed by atoms with Gasteiger partial charge in [0.15, 0.2) is 0 Å². The van der Waals surface area contributed by atoms with Crippen LogP contribution in [0.4, 0.5) is 0 Å². The molecule has 0 aliphatic carbocycles. The van der Waals surface area contributed by atoms with Crippen molar-refractivity contribution in [2.24, 2.45) is 5.73 Å². The molecule has 1 fully saturated rings. The van der Waals surface area contributed by atoms with E-state index in [-0.39, 0.29) is 30.4 Å². The average Bonchev–Trinajstić information content (AvgIpc) is 1.68. The van der Waals surface area contributed by atoms with Gasteiger partial charge in [0.05, 0.1) is 6.04 Å². The highest BCUT2D eigenvalue weighted by Gasteiger charge is 2.31. The summed E-state index contributed by atoms with van der Waals surface area (Å²) in [4.78, 5) is 10.2. The second kappa shape index (κ2) is 2.33. The highest BCUT2D eigenvalue weighted by atomic mass is 35.5. The molecule has 0 saturated carbocycles. The van der Waals surface area contributed by atoms with E-state index in [1.54, 1.807) is 0 Å². The summed E-state index contributed by atoms with van der Waals surface area (Å²) in [5.74, 6) is -0.0347. The van der Waals surface area contributed by atoms with E-state index in [4.69, 9.17) is 5.73 Å². The Labute approximate surface area is 54.0 Å². The van der Waals surface area contributed by atoms with Crippen molar-refractivity contribution in [1.82, 2.24) is 5.32 Å². The molecule has 0 aromatic carbocycles. The third-order valence-electron chi connectivity index (χ3n) is 1.21. The Hall–Kier alpha value is -0.280. The molecule has 2 unspecified atom stereocenters. The molecule has 0 aromatic heterocycles. The quantitative estimate of drug-likeness (QED) is 0.431. The van der Waals surface area contributed by atoms with Crippen LogP contribution in [0.1, 0.15) is 6.92 Å². The number of carbonyl (C=O) groups is 1. The third kappa shape index (κ3) is 0.928. The minimum Gasteiger partial charge on any atom is -0.350 e. The van der Waals surface area contributed by atoms with Gasteiger partial charge in [-0.25, -0.2) is 0 Å². The first-order valence-corrected chi connectivity index (χ1v) is 2.28. The van der Waals surface area contributed by atoms with Crippen LogP contribution in [0, 0.1) is 0 Å². The number of β-lactam (4-membered cyclic amide) rings is 1. The Morgan fingerprint density at radius 1 is 1.75 bits per heavy atom. The lowest BCUT2D eigenvalue weighted by Gasteiger charge is -2.30. The van der Waals surface area contributed by atoms with Crippen LogP contribution in [-0.4, -0.2) is 18.0 Å². The van der Waals surface area contributed by atoms with Crippen molar-refractivity contribution in [3.8, 4) is 0 Å². The summed E-state index contributed by atoms with van der Waals surface area (Å²) < 4.78 is 0. The molecule has 8 heavy (non-hydrogen) atoms. The van der Waals surface area contributed by atoms with E-state index in [1.807, 2.05) is 6.92 Å². The Balaban J connectivity index is 0.000000490. The van der Waals surface area contributed by atoms with E-state index in [0.29, 0.717) is 0 Å². The lowest BCUT2D eigenvalue weighted by Crippen LogP contribution is -2.65. The van der Waals surface area contributed by atoms with Crippen molar-refractivity contribution in [2.75, 3.05) is 0 Å². The molecule has 3 N–H and O–H groups in total. The maximum Gasteiger partial charge on any atom is 0.239 e. The first-order valence-electron chi connectivity index (χ1n) is 2.28. The van der Waals surface area contributed by atoms with Crippen molar-refractivity contribution in [1.29, 1.82) is 0 Å². The lowest BCUT2D eigenvalue weighted by molar-refractivity contribution is -0.129. The van der Waals surface area contributed by atoms with Gasteiger partial charge in [-0.2, -0.15) is 0 Å². The summed E-state index contributed by atoms with van der Waals surface area (Å²) in [7, 11) is 0. The van der Waals surface area contributed by atoms with Gasteiger partial charge in [0.1, 0.15) is 6.04 Å². The molecule has 1 amide bonds. The maximum atomic E-state index is 10.2. The lowest BCUT2D eigenvalue weighted by atomic mass is 10.0. The first-order chi connectivity index (χ1) is 3.22. The van der Waals surface area contributed by atoms with Crippen LogP contribution < -0.4 is 11.1 Å². The van der Waals surface area contributed by atoms with E-state index in [2.05, 4.69) is 5.32 Å². The predicted molar refractivity (Wildman–Crippen MR) is 32.8 cm³/mol. The van der Waals surface area contributed by atoms with Gasteiger partial charge < -0.3 is 11.1 Å². The molecule has 3 nitrogen and oxygen atoms in total. The third-order valence-corrected chi connectivity index (χ3v) is 1.21. The van der Waals surface area contributed by atoms with Crippen LogP contribution in [-0.2, 0) is 4.79 Å². The Bertz CT molecular complexity index is 106. The second-order valence-electron chi connectivity index (χ2n) is 1.82. The van der Waals surface area contributed by atoms with Crippen molar-refractivity contribution in [3.05, 3.63) is 0 Å². The second-order valence-corrected chi connectivity index (χ2v) is 1.82. The largest absolute Gasteiger partial charge is 0.350 e. The molecule has 1 saturated heterocycles. The number of nitrogens with two attached hydrogens (primary N) is 1. The number of hydrogen-bond donors (Lipinski definition) is 2. The summed E-state index contributed by atoms with van der Waals surface area (Å²) >= 11 is 0. The standard InChI is InChI=1S/C4H8N2O.ClH/c1-2-3(5)4(7)6-2;/h2-3H,5H2,1H3,(H,6,7);1H. The smallest absolute Gasteiger partial charge is 0.239 e. The van der Waals surface area contributed by atoms with E-state index >= 15 is 0 Å². The van der Waals surface area contributed by atoms with E-state index in [9.17, 15) is 4.79 Å². The van der Waals surface area contributed by atoms with Crippen LogP contribution in [0.2, 0.25) is 0 Å². The molecule has 0 spiro atoms. The summed E-state index contributed by atoms with van der Waals surface area (Å²) in [6.07, 6.45) is 0. The molecule has 0 bridgehead atoms. The molecule has 4 heteroatoms. The van der Waals surface area contributed by atoms with Crippen molar-refractivity contribution < 1.29 is 4.79 Å². The van der Waals surface area contributed by atoms with Crippen molar-refractivity contribution >= 4 is 18.3 Å². The fourth-order valence-electron chi connectivity index (χ4n) is 0.541. The summed E-state index contributed by atoms with van der Waals surface area (Å²) in [6.45, 7) is 1.88. The van der Waals surface area contributed by atoms with Gasteiger partial charge in [0.2, 0.25) is 5.91 Å². The van der Waals surface area contributed by atoms with Gasteiger partial charge in [-0.1, -0.05) is 0 Å². The van der Waals surface area contributed by atoms with E-state index < -0.39 is 0 Å². The van der Waals surface area contributed by atoms with Crippen molar-refractivity contribution in [2.45, 2.75) is 19.0 Å². The number of nitrogens with one attached hydrogen (secondary N) is 1. The van der Waals surface area contributed by atoms with E-state index in [1.165, 1.54) is 0 Å². The Morgan fingerprint density at radius 2 is 2.25 bits per heavy atom. The van der Waals surface area contributed by atoms with Crippen LogP contribution in [0.3, 0.4) is 0 Å². The average molecular weight is 137 g/mol. The zero-order valence-corrected chi connectivity index (χ0v) is 5.37. The van der Waals surface area contributed by atoms with Crippen LogP contribution in [0.5, 0.6) is 0 Å². The van der Waals surface area contributed by atoms with Crippen LogP contribution >= 0.6 is 12.4 Å². The molecule has 0 radical (unpaired) electrons. The molecule has 1 aliphatic heterocycles. The fourth-order valence-corrected chi connectivity index (χ4v) is 0.541. The van der Waals surface area contributed by atoms with Gasteiger partial charge >= 0.3 is 0 Å². The van der Waals surface area contributed by atoms with Gasteiger partial charge in [0, 0.05) is 0 Å². The monoisotopic (exact) mass is 136 g/mol. The summed E-state index contributed by atoms with van der Waals surface area (Å²) in [5, 5.41) is 2.59. The molecule has 1 aliphatic rings. The van der Waals surface area contributed by atoms with Crippen molar-refractivity contribution in [3.63, 3.8) is 0 Å². The highest BCUT2D eigenvalue weighted by molar-refractivity contribution is 5.88.